The van der Waals surface area contributed by atoms with Crippen LogP contribution >= 0.6 is 11.6 Å². The number of hydrogen-bond acceptors (Lipinski definition) is 4. The van der Waals surface area contributed by atoms with E-state index in [1.165, 1.54) is 7.11 Å². The Balaban J connectivity index is 2.20. The zero-order valence-corrected chi connectivity index (χ0v) is 14.9. The Bertz CT molecular complexity index is 746. The summed E-state index contributed by atoms with van der Waals surface area (Å²) in [5.74, 6) is 1.60. The second-order valence-electron chi connectivity index (χ2n) is 5.20. The fraction of sp³-hybridized carbons (Fsp3) is 0.278. The van der Waals surface area contributed by atoms with Gasteiger partial charge in [0.2, 0.25) is 5.91 Å². The smallest absolute Gasteiger partial charge is 0.228 e. The number of carbonyl (C=O) groups excluding carboxylic acids is 1. The number of amides is 1. The van der Waals surface area contributed by atoms with Gasteiger partial charge in [0.25, 0.3) is 0 Å². The highest BCUT2D eigenvalue weighted by Gasteiger charge is 2.13. The number of benzene rings is 2. The van der Waals surface area contributed by atoms with E-state index in [0.717, 1.165) is 11.1 Å². The lowest BCUT2D eigenvalue weighted by Crippen LogP contribution is -2.15. The minimum Gasteiger partial charge on any atom is -0.495 e. The Hall–Kier alpha value is -2.40. The third kappa shape index (κ3) is 4.11. The average Bonchev–Trinajstić information content (AvgIpc) is 2.56. The summed E-state index contributed by atoms with van der Waals surface area (Å²) in [6, 6.07) is 8.72. The van der Waals surface area contributed by atoms with E-state index in [2.05, 4.69) is 5.32 Å². The van der Waals surface area contributed by atoms with Crippen molar-refractivity contribution in [1.29, 1.82) is 0 Å². The summed E-state index contributed by atoms with van der Waals surface area (Å²) in [6.45, 7) is 1.92. The van der Waals surface area contributed by atoms with Gasteiger partial charge in [-0.15, -0.1) is 0 Å². The van der Waals surface area contributed by atoms with Crippen molar-refractivity contribution < 1.29 is 19.0 Å². The average molecular weight is 350 g/mol. The molecule has 0 unspecified atom stereocenters. The van der Waals surface area contributed by atoms with Crippen LogP contribution in [0.25, 0.3) is 0 Å². The molecule has 0 aliphatic carbocycles. The van der Waals surface area contributed by atoms with Crippen molar-refractivity contribution >= 4 is 23.2 Å². The lowest BCUT2D eigenvalue weighted by molar-refractivity contribution is -0.115. The van der Waals surface area contributed by atoms with Crippen LogP contribution in [0, 0.1) is 6.92 Å². The van der Waals surface area contributed by atoms with Gasteiger partial charge in [-0.25, -0.2) is 0 Å². The quantitative estimate of drug-likeness (QED) is 0.860. The van der Waals surface area contributed by atoms with Gasteiger partial charge >= 0.3 is 0 Å². The van der Waals surface area contributed by atoms with Crippen LogP contribution in [-0.4, -0.2) is 27.2 Å². The second-order valence-corrected chi connectivity index (χ2v) is 5.64. The molecule has 0 radical (unpaired) electrons. The van der Waals surface area contributed by atoms with E-state index in [-0.39, 0.29) is 12.3 Å². The standard InChI is InChI=1S/C18H20ClNO4/c1-11-7-16(23-3)17(24-4)8-12(11)9-18(21)20-14-10-13(19)5-6-15(14)22-2/h5-8,10H,9H2,1-4H3,(H,20,21). The third-order valence-electron chi connectivity index (χ3n) is 3.63. The molecule has 128 valence electrons. The summed E-state index contributed by atoms with van der Waals surface area (Å²) < 4.78 is 15.8. The van der Waals surface area contributed by atoms with E-state index >= 15 is 0 Å². The van der Waals surface area contributed by atoms with Gasteiger partial charge in [-0.1, -0.05) is 11.6 Å². The number of rotatable bonds is 6. The van der Waals surface area contributed by atoms with Crippen molar-refractivity contribution in [3.63, 3.8) is 0 Å². The van der Waals surface area contributed by atoms with Crippen molar-refractivity contribution in [1.82, 2.24) is 0 Å². The molecule has 2 rings (SSSR count). The molecule has 0 spiro atoms. The van der Waals surface area contributed by atoms with E-state index in [1.807, 2.05) is 19.1 Å². The molecule has 1 amide bonds. The number of carbonyl (C=O) groups is 1. The summed E-state index contributed by atoms with van der Waals surface area (Å²) in [6.07, 6.45) is 0.196. The van der Waals surface area contributed by atoms with Gasteiger partial charge in [-0.2, -0.15) is 0 Å². The maximum absolute atomic E-state index is 12.4. The molecular formula is C18H20ClNO4. The maximum atomic E-state index is 12.4. The highest BCUT2D eigenvalue weighted by atomic mass is 35.5. The molecule has 0 fully saturated rings. The summed E-state index contributed by atoms with van der Waals surface area (Å²) in [4.78, 5) is 12.4. The fourth-order valence-electron chi connectivity index (χ4n) is 2.36. The van der Waals surface area contributed by atoms with E-state index in [1.54, 1.807) is 32.4 Å². The first-order chi connectivity index (χ1) is 11.5. The highest BCUT2D eigenvalue weighted by molar-refractivity contribution is 6.31. The zero-order valence-electron chi connectivity index (χ0n) is 14.1. The molecule has 0 heterocycles. The molecular weight excluding hydrogens is 330 g/mol. The van der Waals surface area contributed by atoms with Crippen LogP contribution in [-0.2, 0) is 11.2 Å². The molecule has 0 atom stereocenters. The minimum absolute atomic E-state index is 0.175. The van der Waals surface area contributed by atoms with E-state index < -0.39 is 0 Å². The van der Waals surface area contributed by atoms with Gasteiger partial charge < -0.3 is 19.5 Å². The van der Waals surface area contributed by atoms with Crippen molar-refractivity contribution in [2.24, 2.45) is 0 Å². The number of methoxy groups -OCH3 is 3. The molecule has 24 heavy (non-hydrogen) atoms. The second kappa shape index (κ2) is 7.93. The molecule has 0 aromatic heterocycles. The Morgan fingerprint density at radius 1 is 1.00 bits per heavy atom. The van der Waals surface area contributed by atoms with Gasteiger partial charge in [0, 0.05) is 5.02 Å². The first-order valence-corrected chi connectivity index (χ1v) is 7.71. The van der Waals surface area contributed by atoms with Crippen LogP contribution in [0.5, 0.6) is 17.2 Å². The summed E-state index contributed by atoms with van der Waals surface area (Å²) in [5.41, 5.74) is 2.33. The van der Waals surface area contributed by atoms with Crippen molar-refractivity contribution in [2.45, 2.75) is 13.3 Å². The molecule has 2 aromatic carbocycles. The SMILES string of the molecule is COc1ccc(Cl)cc1NC(=O)Cc1cc(OC)c(OC)cc1C. The van der Waals surface area contributed by atoms with Gasteiger partial charge in [0.15, 0.2) is 11.5 Å². The molecule has 0 aliphatic rings. The van der Waals surface area contributed by atoms with Gasteiger partial charge in [0.05, 0.1) is 33.4 Å². The molecule has 0 bridgehead atoms. The van der Waals surface area contributed by atoms with Crippen LogP contribution in [0.1, 0.15) is 11.1 Å². The minimum atomic E-state index is -0.175. The molecule has 1 N–H and O–H groups in total. The van der Waals surface area contributed by atoms with Crippen LogP contribution < -0.4 is 19.5 Å². The Kier molecular flexibility index (Phi) is 5.93. The number of nitrogens with one attached hydrogen (secondary N) is 1. The Labute approximate surface area is 146 Å². The molecule has 2 aromatic rings. The van der Waals surface area contributed by atoms with E-state index in [0.29, 0.717) is 28.0 Å². The lowest BCUT2D eigenvalue weighted by atomic mass is 10.0. The van der Waals surface area contributed by atoms with Crippen LogP contribution in [0.4, 0.5) is 5.69 Å². The third-order valence-corrected chi connectivity index (χ3v) is 3.86. The fourth-order valence-corrected chi connectivity index (χ4v) is 2.53. The van der Waals surface area contributed by atoms with Crippen molar-refractivity contribution in [3.8, 4) is 17.2 Å². The number of aryl methyl sites for hydroxylation is 1. The Morgan fingerprint density at radius 3 is 2.25 bits per heavy atom. The summed E-state index contributed by atoms with van der Waals surface area (Å²) >= 11 is 5.98. The molecule has 6 heteroatoms. The number of anilines is 1. The van der Waals surface area contributed by atoms with Gasteiger partial charge in [-0.05, 0) is 48.4 Å². The highest BCUT2D eigenvalue weighted by Crippen LogP contribution is 2.31. The zero-order chi connectivity index (χ0) is 17.7. The van der Waals surface area contributed by atoms with Gasteiger partial charge in [0.1, 0.15) is 5.75 Å². The monoisotopic (exact) mass is 349 g/mol. The molecule has 0 saturated carbocycles. The normalized spacial score (nSPS) is 10.2. The summed E-state index contributed by atoms with van der Waals surface area (Å²) in [5, 5.41) is 3.35. The predicted octanol–water partition coefficient (Wildman–Crippen LogP) is 3.86. The first-order valence-electron chi connectivity index (χ1n) is 7.33. The van der Waals surface area contributed by atoms with Crippen LogP contribution in [0.15, 0.2) is 30.3 Å². The van der Waals surface area contributed by atoms with Gasteiger partial charge in [-0.3, -0.25) is 4.79 Å². The first kappa shape index (κ1) is 17.9. The topological polar surface area (TPSA) is 56.8 Å². The number of halogens is 1. The van der Waals surface area contributed by atoms with Crippen molar-refractivity contribution in [3.05, 3.63) is 46.5 Å². The number of ether oxygens (including phenoxy) is 3. The largest absolute Gasteiger partial charge is 0.495 e. The lowest BCUT2D eigenvalue weighted by Gasteiger charge is -2.14. The van der Waals surface area contributed by atoms with E-state index in [9.17, 15) is 4.79 Å². The predicted molar refractivity (Wildman–Crippen MR) is 94.6 cm³/mol. The maximum Gasteiger partial charge on any atom is 0.228 e. The number of hydrogen-bond donors (Lipinski definition) is 1. The van der Waals surface area contributed by atoms with E-state index in [4.69, 9.17) is 25.8 Å². The van der Waals surface area contributed by atoms with Crippen molar-refractivity contribution in [2.75, 3.05) is 26.6 Å². The molecule has 5 nitrogen and oxygen atoms in total. The molecule has 0 saturated heterocycles. The summed E-state index contributed by atoms with van der Waals surface area (Å²) in [7, 11) is 4.68. The molecule has 0 aliphatic heterocycles. The van der Waals surface area contributed by atoms with Crippen LogP contribution in [0.3, 0.4) is 0 Å². The van der Waals surface area contributed by atoms with Crippen LogP contribution in [0.2, 0.25) is 5.02 Å². The Morgan fingerprint density at radius 2 is 1.62 bits per heavy atom.